The molecule has 2 N–H and O–H groups in total. The highest BCUT2D eigenvalue weighted by atomic mass is 32.1. The van der Waals surface area contributed by atoms with Gasteiger partial charge in [-0.25, -0.2) is 0 Å². The fraction of sp³-hybridized carbons (Fsp3) is 0.188. The standard InChI is InChI=1S/C16H16N2OS/c1-11(15-7-4-8-20-15)17-10-13-9-12-5-2-3-6-14(12)18-16(13)19/h2-9,11,17H,10H2,1H3,(H,18,19)/t11-/m0/s1. The van der Waals surface area contributed by atoms with Gasteiger partial charge in [-0.05, 0) is 35.9 Å². The molecule has 1 aromatic carbocycles. The lowest BCUT2D eigenvalue weighted by atomic mass is 10.1. The van der Waals surface area contributed by atoms with Crippen molar-refractivity contribution < 1.29 is 0 Å². The first-order chi connectivity index (χ1) is 9.74. The maximum Gasteiger partial charge on any atom is 0.252 e. The van der Waals surface area contributed by atoms with Crippen LogP contribution in [-0.2, 0) is 6.54 Å². The Morgan fingerprint density at radius 3 is 2.90 bits per heavy atom. The van der Waals surface area contributed by atoms with E-state index in [0.29, 0.717) is 6.54 Å². The van der Waals surface area contributed by atoms with Gasteiger partial charge in [-0.15, -0.1) is 11.3 Å². The average Bonchev–Trinajstić information content (AvgIpc) is 2.99. The lowest BCUT2D eigenvalue weighted by molar-refractivity contribution is 0.580. The topological polar surface area (TPSA) is 44.9 Å². The summed E-state index contributed by atoms with van der Waals surface area (Å²) < 4.78 is 0. The predicted octanol–water partition coefficient (Wildman–Crippen LogP) is 3.44. The van der Waals surface area contributed by atoms with E-state index in [1.807, 2.05) is 36.4 Å². The second-order valence-electron chi connectivity index (χ2n) is 4.83. The third kappa shape index (κ3) is 2.66. The zero-order valence-corrected chi connectivity index (χ0v) is 12.0. The molecule has 0 unspecified atom stereocenters. The molecule has 0 aliphatic carbocycles. The molecule has 2 heterocycles. The Kier molecular flexibility index (Phi) is 3.67. The lowest BCUT2D eigenvalue weighted by Gasteiger charge is -2.12. The first-order valence-electron chi connectivity index (χ1n) is 6.62. The molecule has 102 valence electrons. The van der Waals surface area contributed by atoms with E-state index < -0.39 is 0 Å². The number of nitrogens with one attached hydrogen (secondary N) is 2. The van der Waals surface area contributed by atoms with E-state index in [1.54, 1.807) is 11.3 Å². The molecule has 4 heteroatoms. The van der Waals surface area contributed by atoms with Gasteiger partial charge in [-0.3, -0.25) is 4.79 Å². The summed E-state index contributed by atoms with van der Waals surface area (Å²) in [6.45, 7) is 2.68. The molecular weight excluding hydrogens is 268 g/mol. The van der Waals surface area contributed by atoms with Gasteiger partial charge in [-0.1, -0.05) is 24.3 Å². The summed E-state index contributed by atoms with van der Waals surface area (Å²) in [5.74, 6) is 0. The second kappa shape index (κ2) is 5.61. The van der Waals surface area contributed by atoms with E-state index in [-0.39, 0.29) is 11.6 Å². The van der Waals surface area contributed by atoms with Gasteiger partial charge in [0.15, 0.2) is 0 Å². The quantitative estimate of drug-likeness (QED) is 0.771. The summed E-state index contributed by atoms with van der Waals surface area (Å²) in [5, 5.41) is 6.53. The van der Waals surface area contributed by atoms with Gasteiger partial charge in [0.25, 0.3) is 5.56 Å². The number of aromatic nitrogens is 1. The van der Waals surface area contributed by atoms with E-state index in [9.17, 15) is 4.79 Å². The van der Waals surface area contributed by atoms with E-state index in [1.165, 1.54) is 4.88 Å². The molecule has 2 aromatic heterocycles. The Bertz CT molecular complexity index is 761. The smallest absolute Gasteiger partial charge is 0.252 e. The van der Waals surface area contributed by atoms with Gasteiger partial charge in [-0.2, -0.15) is 0 Å². The van der Waals surface area contributed by atoms with Crippen molar-refractivity contribution in [3.05, 3.63) is 68.6 Å². The molecule has 3 aromatic rings. The highest BCUT2D eigenvalue weighted by Gasteiger charge is 2.08. The molecule has 1 atom stereocenters. The average molecular weight is 284 g/mol. The Hall–Kier alpha value is -1.91. The fourth-order valence-corrected chi connectivity index (χ4v) is 2.98. The Morgan fingerprint density at radius 1 is 1.25 bits per heavy atom. The van der Waals surface area contributed by atoms with Crippen molar-refractivity contribution in [2.24, 2.45) is 0 Å². The summed E-state index contributed by atoms with van der Waals surface area (Å²) in [6.07, 6.45) is 0. The third-order valence-electron chi connectivity index (χ3n) is 3.40. The van der Waals surface area contributed by atoms with Crippen LogP contribution in [0, 0.1) is 0 Å². The Morgan fingerprint density at radius 2 is 2.10 bits per heavy atom. The number of pyridine rings is 1. The number of fused-ring (bicyclic) bond motifs is 1. The van der Waals surface area contributed by atoms with Crippen LogP contribution in [0.1, 0.15) is 23.4 Å². The minimum Gasteiger partial charge on any atom is -0.322 e. The Labute approximate surface area is 121 Å². The molecule has 0 fully saturated rings. The van der Waals surface area contributed by atoms with Crippen molar-refractivity contribution in [1.82, 2.24) is 10.3 Å². The van der Waals surface area contributed by atoms with Crippen LogP contribution >= 0.6 is 11.3 Å². The zero-order chi connectivity index (χ0) is 13.9. The molecule has 0 bridgehead atoms. The third-order valence-corrected chi connectivity index (χ3v) is 4.45. The normalized spacial score (nSPS) is 12.7. The highest BCUT2D eigenvalue weighted by molar-refractivity contribution is 7.10. The molecule has 0 aliphatic heterocycles. The molecule has 3 nitrogen and oxygen atoms in total. The maximum atomic E-state index is 12.0. The van der Waals surface area contributed by atoms with Gasteiger partial charge in [0.05, 0.1) is 0 Å². The van der Waals surface area contributed by atoms with Crippen LogP contribution in [0.4, 0.5) is 0 Å². The number of benzene rings is 1. The van der Waals surface area contributed by atoms with E-state index in [4.69, 9.17) is 0 Å². The van der Waals surface area contributed by atoms with E-state index in [2.05, 4.69) is 28.7 Å². The van der Waals surface area contributed by atoms with Crippen molar-refractivity contribution in [3.8, 4) is 0 Å². The molecule has 0 radical (unpaired) electrons. The first kappa shape index (κ1) is 13.1. The first-order valence-corrected chi connectivity index (χ1v) is 7.50. The largest absolute Gasteiger partial charge is 0.322 e. The fourth-order valence-electron chi connectivity index (χ4n) is 2.23. The summed E-state index contributed by atoms with van der Waals surface area (Å²) in [6, 6.07) is 14.2. The maximum absolute atomic E-state index is 12.0. The van der Waals surface area contributed by atoms with E-state index >= 15 is 0 Å². The van der Waals surface area contributed by atoms with Crippen molar-refractivity contribution in [1.29, 1.82) is 0 Å². The van der Waals surface area contributed by atoms with Gasteiger partial charge < -0.3 is 10.3 Å². The van der Waals surface area contributed by atoms with Crippen LogP contribution < -0.4 is 10.9 Å². The predicted molar refractivity (Wildman–Crippen MR) is 84.1 cm³/mol. The van der Waals surface area contributed by atoms with Crippen molar-refractivity contribution >= 4 is 22.2 Å². The van der Waals surface area contributed by atoms with Gasteiger partial charge in [0.1, 0.15) is 0 Å². The van der Waals surface area contributed by atoms with Crippen LogP contribution in [0.25, 0.3) is 10.9 Å². The summed E-state index contributed by atoms with van der Waals surface area (Å²) in [5.41, 5.74) is 1.63. The SMILES string of the molecule is C[C@H](NCc1cc2ccccc2[nH]c1=O)c1cccs1. The molecule has 0 saturated carbocycles. The number of rotatable bonds is 4. The number of thiophene rings is 1. The Balaban J connectivity index is 1.80. The van der Waals surface area contributed by atoms with E-state index in [0.717, 1.165) is 16.5 Å². The molecule has 0 spiro atoms. The van der Waals surface area contributed by atoms with Crippen LogP contribution in [0.3, 0.4) is 0 Å². The molecule has 0 saturated heterocycles. The monoisotopic (exact) mass is 284 g/mol. The molecule has 3 rings (SSSR count). The van der Waals surface area contributed by atoms with Gasteiger partial charge in [0.2, 0.25) is 0 Å². The minimum absolute atomic E-state index is 0.0189. The van der Waals surface area contributed by atoms with Crippen LogP contribution in [-0.4, -0.2) is 4.98 Å². The van der Waals surface area contributed by atoms with Crippen LogP contribution in [0.2, 0.25) is 0 Å². The van der Waals surface area contributed by atoms with Gasteiger partial charge in [0, 0.05) is 28.5 Å². The van der Waals surface area contributed by atoms with Crippen LogP contribution in [0.5, 0.6) is 0 Å². The molecule has 0 aliphatic rings. The number of H-pyrrole nitrogens is 1. The second-order valence-corrected chi connectivity index (χ2v) is 5.81. The number of hydrogen-bond acceptors (Lipinski definition) is 3. The highest BCUT2D eigenvalue weighted by Crippen LogP contribution is 2.18. The number of para-hydroxylation sites is 1. The molecule has 20 heavy (non-hydrogen) atoms. The van der Waals surface area contributed by atoms with Crippen LogP contribution in [0.15, 0.2) is 52.6 Å². The summed E-state index contributed by atoms with van der Waals surface area (Å²) >= 11 is 1.72. The summed E-state index contributed by atoms with van der Waals surface area (Å²) in [4.78, 5) is 16.2. The number of aromatic amines is 1. The number of hydrogen-bond donors (Lipinski definition) is 2. The minimum atomic E-state index is -0.0189. The van der Waals surface area contributed by atoms with Gasteiger partial charge >= 0.3 is 0 Å². The zero-order valence-electron chi connectivity index (χ0n) is 11.2. The molecular formula is C16H16N2OS. The summed E-state index contributed by atoms with van der Waals surface area (Å²) in [7, 11) is 0. The molecule has 0 amide bonds. The van der Waals surface area contributed by atoms with Crippen molar-refractivity contribution in [2.75, 3.05) is 0 Å². The van der Waals surface area contributed by atoms with Crippen molar-refractivity contribution in [2.45, 2.75) is 19.5 Å². The van der Waals surface area contributed by atoms with Crippen molar-refractivity contribution in [3.63, 3.8) is 0 Å². The lowest BCUT2D eigenvalue weighted by Crippen LogP contribution is -2.23.